The lowest BCUT2D eigenvalue weighted by atomic mass is 10.2. The van der Waals surface area contributed by atoms with E-state index in [0.717, 1.165) is 30.3 Å². The van der Waals surface area contributed by atoms with Gasteiger partial charge in [-0.1, -0.05) is 0 Å². The maximum Gasteiger partial charge on any atom is 0.317 e. The molecule has 106 valence electrons. The van der Waals surface area contributed by atoms with Crippen molar-refractivity contribution in [2.24, 2.45) is 0 Å². The third kappa shape index (κ3) is 4.92. The first-order valence-corrected chi connectivity index (χ1v) is 9.31. The highest BCUT2D eigenvalue weighted by molar-refractivity contribution is 7.99. The fraction of sp³-hybridized carbons (Fsp3) is 0.923. The minimum atomic E-state index is 0.0929. The summed E-state index contributed by atoms with van der Waals surface area (Å²) < 4.78 is 0. The summed E-state index contributed by atoms with van der Waals surface area (Å²) in [6.45, 7) is 2.08. The Balaban J connectivity index is 2.32. The van der Waals surface area contributed by atoms with E-state index in [2.05, 4.69) is 24.8 Å². The van der Waals surface area contributed by atoms with Gasteiger partial charge in [0.2, 0.25) is 0 Å². The number of hydrogen-bond donors (Lipinski definition) is 1. The van der Waals surface area contributed by atoms with Gasteiger partial charge in [-0.25, -0.2) is 4.79 Å². The van der Waals surface area contributed by atoms with Gasteiger partial charge in [-0.15, -0.1) is 0 Å². The molecular weight excluding hydrogens is 264 g/mol. The van der Waals surface area contributed by atoms with Gasteiger partial charge >= 0.3 is 6.03 Å². The van der Waals surface area contributed by atoms with Crippen LogP contribution in [0.1, 0.15) is 32.6 Å². The van der Waals surface area contributed by atoms with E-state index < -0.39 is 0 Å². The number of rotatable bonds is 6. The molecule has 2 amide bonds. The van der Waals surface area contributed by atoms with Crippen molar-refractivity contribution in [2.75, 3.05) is 25.3 Å². The summed E-state index contributed by atoms with van der Waals surface area (Å²) in [6, 6.07) is 0.788. The van der Waals surface area contributed by atoms with Gasteiger partial charge in [-0.2, -0.15) is 23.5 Å². The van der Waals surface area contributed by atoms with Crippen molar-refractivity contribution in [1.82, 2.24) is 10.2 Å². The summed E-state index contributed by atoms with van der Waals surface area (Å²) in [5, 5.41) is 3.83. The van der Waals surface area contributed by atoms with Crippen LogP contribution in [0.15, 0.2) is 0 Å². The minimum Gasteiger partial charge on any atom is -0.336 e. The monoisotopic (exact) mass is 290 g/mol. The molecule has 3 atom stereocenters. The quantitative estimate of drug-likeness (QED) is 0.816. The van der Waals surface area contributed by atoms with Crippen LogP contribution in [-0.4, -0.2) is 53.6 Å². The van der Waals surface area contributed by atoms with Crippen molar-refractivity contribution in [3.63, 3.8) is 0 Å². The molecule has 1 N–H and O–H groups in total. The van der Waals surface area contributed by atoms with E-state index in [9.17, 15) is 4.79 Å². The van der Waals surface area contributed by atoms with Gasteiger partial charge in [0.05, 0.1) is 0 Å². The fourth-order valence-corrected chi connectivity index (χ4v) is 3.70. The van der Waals surface area contributed by atoms with Crippen LogP contribution in [0.2, 0.25) is 0 Å². The molecule has 0 radical (unpaired) electrons. The van der Waals surface area contributed by atoms with Gasteiger partial charge in [-0.05, 0) is 50.9 Å². The lowest BCUT2D eigenvalue weighted by Gasteiger charge is -2.26. The van der Waals surface area contributed by atoms with E-state index in [-0.39, 0.29) is 12.1 Å². The van der Waals surface area contributed by atoms with E-state index in [1.54, 1.807) is 0 Å². The van der Waals surface area contributed by atoms with E-state index in [4.69, 9.17) is 0 Å². The molecule has 0 bridgehead atoms. The molecular formula is C13H26N2OS2. The first-order chi connectivity index (χ1) is 8.58. The van der Waals surface area contributed by atoms with Crippen LogP contribution in [-0.2, 0) is 0 Å². The molecule has 1 saturated carbocycles. The lowest BCUT2D eigenvalue weighted by molar-refractivity contribution is 0.187. The number of hydrogen-bond acceptors (Lipinski definition) is 3. The summed E-state index contributed by atoms with van der Waals surface area (Å²) in [7, 11) is 1.93. The Morgan fingerprint density at radius 1 is 1.44 bits per heavy atom. The Labute approximate surface area is 120 Å². The number of carbonyl (C=O) groups excluding carboxylic acids is 1. The van der Waals surface area contributed by atoms with Crippen LogP contribution in [0.3, 0.4) is 0 Å². The van der Waals surface area contributed by atoms with Gasteiger partial charge in [0.1, 0.15) is 0 Å². The third-order valence-electron chi connectivity index (χ3n) is 3.68. The van der Waals surface area contributed by atoms with Gasteiger partial charge in [0.25, 0.3) is 0 Å². The predicted molar refractivity (Wildman–Crippen MR) is 83.7 cm³/mol. The zero-order valence-electron chi connectivity index (χ0n) is 11.9. The van der Waals surface area contributed by atoms with Gasteiger partial charge in [0, 0.05) is 24.4 Å². The molecule has 1 aliphatic rings. The zero-order valence-corrected chi connectivity index (χ0v) is 13.6. The van der Waals surface area contributed by atoms with Crippen LogP contribution in [0.25, 0.3) is 0 Å². The molecule has 0 saturated heterocycles. The highest BCUT2D eigenvalue weighted by Gasteiger charge is 2.29. The largest absolute Gasteiger partial charge is 0.336 e. The second-order valence-electron chi connectivity index (χ2n) is 5.07. The standard InChI is InChI=1S/C13H26N2OS2/c1-10(7-8-17-3)14-13(16)15(2)11-5-6-12(9-11)18-4/h10-12H,5-9H2,1-4H3,(H,14,16)/t10-,11-,12+/m0/s1. The number of nitrogens with one attached hydrogen (secondary N) is 1. The Morgan fingerprint density at radius 3 is 2.72 bits per heavy atom. The first kappa shape index (κ1) is 16.0. The molecule has 0 heterocycles. The molecule has 18 heavy (non-hydrogen) atoms. The summed E-state index contributed by atoms with van der Waals surface area (Å²) in [6.07, 6.45) is 8.84. The molecule has 0 aromatic carbocycles. The SMILES string of the molecule is CSCC[C@H](C)NC(=O)N(C)[C@H]1CC[C@@H](SC)C1. The van der Waals surface area contributed by atoms with Gasteiger partial charge in [-0.3, -0.25) is 0 Å². The number of nitrogens with zero attached hydrogens (tertiary/aromatic N) is 1. The van der Waals surface area contributed by atoms with E-state index in [0.29, 0.717) is 6.04 Å². The maximum atomic E-state index is 12.1. The Morgan fingerprint density at radius 2 is 2.17 bits per heavy atom. The summed E-state index contributed by atoms with van der Waals surface area (Å²) >= 11 is 3.76. The normalized spacial score (nSPS) is 24.9. The van der Waals surface area contributed by atoms with Crippen LogP contribution < -0.4 is 5.32 Å². The van der Waals surface area contributed by atoms with Gasteiger partial charge in [0.15, 0.2) is 0 Å². The second kappa shape index (κ2) is 8.20. The van der Waals surface area contributed by atoms with Crippen LogP contribution in [0.5, 0.6) is 0 Å². The second-order valence-corrected chi connectivity index (χ2v) is 7.19. The number of amides is 2. The van der Waals surface area contributed by atoms with Crippen molar-refractivity contribution in [3.05, 3.63) is 0 Å². The van der Waals surface area contributed by atoms with Crippen molar-refractivity contribution in [2.45, 2.75) is 49.9 Å². The molecule has 0 aliphatic heterocycles. The first-order valence-electron chi connectivity index (χ1n) is 6.63. The van der Waals surface area contributed by atoms with Crippen molar-refractivity contribution < 1.29 is 4.79 Å². The summed E-state index contributed by atoms with van der Waals surface area (Å²) in [4.78, 5) is 14.0. The molecule has 3 nitrogen and oxygen atoms in total. The molecule has 1 aliphatic carbocycles. The highest BCUT2D eigenvalue weighted by Crippen LogP contribution is 2.30. The molecule has 0 aromatic rings. The number of urea groups is 1. The topological polar surface area (TPSA) is 32.3 Å². The van der Waals surface area contributed by atoms with Gasteiger partial charge < -0.3 is 10.2 Å². The predicted octanol–water partition coefficient (Wildman–Crippen LogP) is 3.05. The summed E-state index contributed by atoms with van der Waals surface area (Å²) in [5.41, 5.74) is 0. The number of carbonyl (C=O) groups is 1. The van der Waals surface area contributed by atoms with E-state index in [1.807, 2.05) is 35.5 Å². The molecule has 1 fully saturated rings. The van der Waals surface area contributed by atoms with Crippen LogP contribution >= 0.6 is 23.5 Å². The van der Waals surface area contributed by atoms with Crippen LogP contribution in [0.4, 0.5) is 4.79 Å². The average molecular weight is 290 g/mol. The maximum absolute atomic E-state index is 12.1. The smallest absolute Gasteiger partial charge is 0.317 e. The lowest BCUT2D eigenvalue weighted by Crippen LogP contribution is -2.46. The molecule has 1 rings (SSSR count). The minimum absolute atomic E-state index is 0.0929. The number of thioether (sulfide) groups is 2. The van der Waals surface area contributed by atoms with Crippen molar-refractivity contribution in [3.8, 4) is 0 Å². The fourth-order valence-electron chi connectivity index (χ4n) is 2.33. The Hall–Kier alpha value is -0.0300. The molecule has 0 aromatic heterocycles. The summed E-state index contributed by atoms with van der Waals surface area (Å²) in [5.74, 6) is 1.10. The Kier molecular flexibility index (Phi) is 7.30. The van der Waals surface area contributed by atoms with E-state index >= 15 is 0 Å². The highest BCUT2D eigenvalue weighted by atomic mass is 32.2. The molecule has 0 spiro atoms. The Bertz CT molecular complexity index is 263. The van der Waals surface area contributed by atoms with Crippen molar-refractivity contribution in [1.29, 1.82) is 0 Å². The average Bonchev–Trinajstić information content (AvgIpc) is 2.83. The van der Waals surface area contributed by atoms with Crippen LogP contribution in [0, 0.1) is 0 Å². The van der Waals surface area contributed by atoms with Crippen molar-refractivity contribution >= 4 is 29.6 Å². The van der Waals surface area contributed by atoms with E-state index in [1.165, 1.54) is 6.42 Å². The zero-order chi connectivity index (χ0) is 13.5. The molecule has 0 unspecified atom stereocenters. The molecule has 5 heteroatoms. The third-order valence-corrected chi connectivity index (χ3v) is 5.42.